The maximum absolute atomic E-state index is 5.87. The van der Waals surface area contributed by atoms with Crippen molar-refractivity contribution < 1.29 is 4.74 Å². The molecule has 0 aliphatic rings. The Kier molecular flexibility index (Phi) is 3.41. The molecule has 3 aromatic rings. The summed E-state index contributed by atoms with van der Waals surface area (Å²) in [5.41, 5.74) is 3.68. The molecule has 2 nitrogen and oxygen atoms in total. The molecule has 0 aliphatic carbocycles. The molecular weight excluding hydrogens is 270 g/mol. The molecule has 0 atom stereocenters. The number of hydrogen-bond acceptors (Lipinski definition) is 1. The Morgan fingerprint density at radius 1 is 1.10 bits per heavy atom. The standard InChI is InChI=1S/C17H16ClNO/c1-12-4-3-5-17-16(12)10-14(19(17)2)11-20-15-8-6-13(18)7-9-15/h3-10H,11H2,1-2H3. The molecule has 0 N–H and O–H groups in total. The first kappa shape index (κ1) is 13.1. The van der Waals surface area contributed by atoms with E-state index in [0.29, 0.717) is 6.61 Å². The third-order valence-electron chi connectivity index (χ3n) is 3.60. The smallest absolute Gasteiger partial charge is 0.128 e. The summed E-state index contributed by atoms with van der Waals surface area (Å²) in [6.45, 7) is 2.68. The number of benzene rings is 2. The minimum Gasteiger partial charge on any atom is -0.487 e. The van der Waals surface area contributed by atoms with Gasteiger partial charge in [0.1, 0.15) is 12.4 Å². The van der Waals surface area contributed by atoms with Gasteiger partial charge in [0.25, 0.3) is 0 Å². The van der Waals surface area contributed by atoms with Gasteiger partial charge < -0.3 is 9.30 Å². The van der Waals surface area contributed by atoms with E-state index in [1.807, 2.05) is 24.3 Å². The van der Waals surface area contributed by atoms with Crippen molar-refractivity contribution in [3.05, 3.63) is 64.8 Å². The first-order valence-corrected chi connectivity index (χ1v) is 6.95. The molecular formula is C17H16ClNO. The monoisotopic (exact) mass is 285 g/mol. The van der Waals surface area contributed by atoms with Crippen LogP contribution < -0.4 is 4.74 Å². The average molecular weight is 286 g/mol. The highest BCUT2D eigenvalue weighted by atomic mass is 35.5. The predicted molar refractivity (Wildman–Crippen MR) is 83.4 cm³/mol. The molecule has 102 valence electrons. The van der Waals surface area contributed by atoms with Crippen LogP contribution in [-0.2, 0) is 13.7 Å². The van der Waals surface area contributed by atoms with Crippen LogP contribution >= 0.6 is 11.6 Å². The Morgan fingerprint density at radius 2 is 1.85 bits per heavy atom. The zero-order valence-corrected chi connectivity index (χ0v) is 12.3. The molecule has 0 saturated heterocycles. The van der Waals surface area contributed by atoms with Crippen molar-refractivity contribution >= 4 is 22.5 Å². The van der Waals surface area contributed by atoms with Crippen molar-refractivity contribution in [1.29, 1.82) is 0 Å². The average Bonchev–Trinajstić information content (AvgIpc) is 2.77. The molecule has 0 aliphatic heterocycles. The van der Waals surface area contributed by atoms with E-state index in [1.165, 1.54) is 16.5 Å². The van der Waals surface area contributed by atoms with Gasteiger partial charge in [-0.1, -0.05) is 23.7 Å². The fraction of sp³-hybridized carbons (Fsp3) is 0.176. The van der Waals surface area contributed by atoms with Crippen molar-refractivity contribution in [2.24, 2.45) is 7.05 Å². The second kappa shape index (κ2) is 5.22. The third-order valence-corrected chi connectivity index (χ3v) is 3.86. The van der Waals surface area contributed by atoms with Crippen LogP contribution in [0.2, 0.25) is 5.02 Å². The minimum atomic E-state index is 0.548. The zero-order chi connectivity index (χ0) is 14.1. The molecule has 0 saturated carbocycles. The van der Waals surface area contributed by atoms with Crippen LogP contribution in [0, 0.1) is 6.92 Å². The summed E-state index contributed by atoms with van der Waals surface area (Å²) in [6.07, 6.45) is 0. The fourth-order valence-electron chi connectivity index (χ4n) is 2.39. The molecule has 2 aromatic carbocycles. The van der Waals surface area contributed by atoms with Crippen molar-refractivity contribution in [2.45, 2.75) is 13.5 Å². The molecule has 3 rings (SSSR count). The predicted octanol–water partition coefficient (Wildman–Crippen LogP) is 4.72. The zero-order valence-electron chi connectivity index (χ0n) is 11.6. The first-order valence-electron chi connectivity index (χ1n) is 6.57. The van der Waals surface area contributed by atoms with Gasteiger partial charge in [-0.25, -0.2) is 0 Å². The van der Waals surface area contributed by atoms with E-state index in [9.17, 15) is 0 Å². The lowest BCUT2D eigenvalue weighted by Gasteiger charge is -2.07. The summed E-state index contributed by atoms with van der Waals surface area (Å²) < 4.78 is 8.00. The topological polar surface area (TPSA) is 14.2 Å². The van der Waals surface area contributed by atoms with Crippen LogP contribution in [0.5, 0.6) is 5.75 Å². The van der Waals surface area contributed by atoms with Gasteiger partial charge in [0.15, 0.2) is 0 Å². The molecule has 1 heterocycles. The van der Waals surface area contributed by atoms with E-state index in [-0.39, 0.29) is 0 Å². The van der Waals surface area contributed by atoms with Gasteiger partial charge in [0.05, 0.1) is 5.69 Å². The number of rotatable bonds is 3. The van der Waals surface area contributed by atoms with Gasteiger partial charge >= 0.3 is 0 Å². The second-order valence-corrected chi connectivity index (χ2v) is 5.38. The van der Waals surface area contributed by atoms with E-state index in [4.69, 9.17) is 16.3 Å². The number of aryl methyl sites for hydroxylation is 2. The van der Waals surface area contributed by atoms with E-state index in [1.54, 1.807) is 0 Å². The number of aromatic nitrogens is 1. The van der Waals surface area contributed by atoms with E-state index in [0.717, 1.165) is 16.5 Å². The van der Waals surface area contributed by atoms with Gasteiger partial charge in [-0.15, -0.1) is 0 Å². The highest BCUT2D eigenvalue weighted by Crippen LogP contribution is 2.23. The van der Waals surface area contributed by atoms with Crippen LogP contribution in [0.1, 0.15) is 11.3 Å². The lowest BCUT2D eigenvalue weighted by atomic mass is 10.1. The molecule has 1 aromatic heterocycles. The Hall–Kier alpha value is -1.93. The number of halogens is 1. The highest BCUT2D eigenvalue weighted by molar-refractivity contribution is 6.30. The number of fused-ring (bicyclic) bond motifs is 1. The number of nitrogens with zero attached hydrogens (tertiary/aromatic N) is 1. The molecule has 0 unspecified atom stereocenters. The lowest BCUT2D eigenvalue weighted by Crippen LogP contribution is -2.01. The molecule has 0 bridgehead atoms. The fourth-order valence-corrected chi connectivity index (χ4v) is 2.52. The summed E-state index contributed by atoms with van der Waals surface area (Å²) in [4.78, 5) is 0. The van der Waals surface area contributed by atoms with E-state index in [2.05, 4.69) is 42.8 Å². The van der Waals surface area contributed by atoms with Gasteiger partial charge in [-0.3, -0.25) is 0 Å². The van der Waals surface area contributed by atoms with Crippen LogP contribution in [0.4, 0.5) is 0 Å². The quantitative estimate of drug-likeness (QED) is 0.679. The van der Waals surface area contributed by atoms with Gasteiger partial charge in [0, 0.05) is 23.0 Å². The first-order chi connectivity index (χ1) is 9.65. The van der Waals surface area contributed by atoms with Gasteiger partial charge in [-0.2, -0.15) is 0 Å². The molecule has 0 radical (unpaired) electrons. The Bertz CT molecular complexity index is 744. The maximum Gasteiger partial charge on any atom is 0.128 e. The van der Waals surface area contributed by atoms with E-state index >= 15 is 0 Å². The van der Waals surface area contributed by atoms with Crippen LogP contribution in [-0.4, -0.2) is 4.57 Å². The normalized spacial score (nSPS) is 10.9. The van der Waals surface area contributed by atoms with Crippen LogP contribution in [0.25, 0.3) is 10.9 Å². The van der Waals surface area contributed by atoms with Crippen molar-refractivity contribution in [1.82, 2.24) is 4.57 Å². The highest BCUT2D eigenvalue weighted by Gasteiger charge is 2.07. The molecule has 0 spiro atoms. The Morgan fingerprint density at radius 3 is 2.55 bits per heavy atom. The second-order valence-electron chi connectivity index (χ2n) is 4.94. The lowest BCUT2D eigenvalue weighted by molar-refractivity contribution is 0.298. The largest absolute Gasteiger partial charge is 0.487 e. The Labute approximate surface area is 123 Å². The summed E-state index contributed by atoms with van der Waals surface area (Å²) in [6, 6.07) is 16.0. The van der Waals surface area contributed by atoms with Gasteiger partial charge in [0.2, 0.25) is 0 Å². The minimum absolute atomic E-state index is 0.548. The summed E-state index contributed by atoms with van der Waals surface area (Å²) >= 11 is 5.87. The van der Waals surface area contributed by atoms with Crippen LogP contribution in [0.3, 0.4) is 0 Å². The maximum atomic E-state index is 5.87. The van der Waals surface area contributed by atoms with E-state index < -0.39 is 0 Å². The Balaban J connectivity index is 1.86. The SMILES string of the molecule is Cc1cccc2c1cc(COc1ccc(Cl)cc1)n2C. The molecule has 3 heteroatoms. The summed E-state index contributed by atoms with van der Waals surface area (Å²) in [5.74, 6) is 0.830. The van der Waals surface area contributed by atoms with Crippen LogP contribution in [0.15, 0.2) is 48.5 Å². The van der Waals surface area contributed by atoms with Crippen molar-refractivity contribution in [2.75, 3.05) is 0 Å². The summed E-state index contributed by atoms with van der Waals surface area (Å²) in [5, 5.41) is 2.00. The third kappa shape index (κ3) is 2.39. The molecule has 0 fully saturated rings. The van der Waals surface area contributed by atoms with Gasteiger partial charge in [-0.05, 0) is 48.9 Å². The molecule has 0 amide bonds. The van der Waals surface area contributed by atoms with Crippen molar-refractivity contribution in [3.8, 4) is 5.75 Å². The molecule has 20 heavy (non-hydrogen) atoms. The van der Waals surface area contributed by atoms with Crippen molar-refractivity contribution in [3.63, 3.8) is 0 Å². The number of hydrogen-bond donors (Lipinski definition) is 0. The summed E-state index contributed by atoms with van der Waals surface area (Å²) in [7, 11) is 2.07. The number of ether oxygens (including phenoxy) is 1.